The van der Waals surface area contributed by atoms with E-state index in [1.807, 2.05) is 0 Å². The fourth-order valence-corrected chi connectivity index (χ4v) is 7.28. The minimum atomic E-state index is -0.726. The molecule has 3 rings (SSSR count). The normalized spacial score (nSPS) is 37.1. The van der Waals surface area contributed by atoms with E-state index in [9.17, 15) is 10.2 Å². The lowest BCUT2D eigenvalue weighted by Gasteiger charge is -2.44. The molecule has 6 atom stereocenters. The smallest absolute Gasteiger partial charge is 0.0800 e. The van der Waals surface area contributed by atoms with Crippen molar-refractivity contribution >= 4 is 0 Å². The number of fused-ring (bicyclic) bond motifs is 1. The number of allylic oxidation sites excluding steroid dienone is 4. The van der Waals surface area contributed by atoms with Crippen molar-refractivity contribution < 1.29 is 10.2 Å². The Balaban J connectivity index is 0.000000227. The second-order valence-electron chi connectivity index (χ2n) is 12.7. The Hall–Kier alpha value is -0.860. The summed E-state index contributed by atoms with van der Waals surface area (Å²) in [6.45, 7) is 21.2. The van der Waals surface area contributed by atoms with Crippen LogP contribution in [-0.4, -0.2) is 21.4 Å². The maximum absolute atomic E-state index is 10.6. The summed E-state index contributed by atoms with van der Waals surface area (Å²) in [7, 11) is 0. The molecule has 0 saturated heterocycles. The van der Waals surface area contributed by atoms with Crippen LogP contribution < -0.4 is 0 Å². The van der Waals surface area contributed by atoms with Crippen LogP contribution in [0, 0.1) is 28.6 Å². The van der Waals surface area contributed by atoms with E-state index < -0.39 is 11.2 Å². The fourth-order valence-electron chi connectivity index (χ4n) is 7.28. The van der Waals surface area contributed by atoms with Gasteiger partial charge in [-0.3, -0.25) is 0 Å². The first-order valence-corrected chi connectivity index (χ1v) is 13.1. The Labute approximate surface area is 199 Å². The standard InChI is InChI=1S/2C15H26O/c1-10-5-6-11-13(2,3)12-9-15(10,11)8-7-14(12,4)16;1-6-15(5,16)12-8-11-14(4)10-7-9-13(2)3/h10-12,16H,5-9H2,1-4H3;6,9,11,16H,1,7-8,10,12H2,2-5H3/t10-,11+,12-,14-,15+;/m1./s1. The van der Waals surface area contributed by atoms with E-state index in [1.165, 1.54) is 36.8 Å². The predicted molar refractivity (Wildman–Crippen MR) is 139 cm³/mol. The molecule has 1 unspecified atom stereocenters. The van der Waals surface area contributed by atoms with Gasteiger partial charge in [0.05, 0.1) is 11.2 Å². The van der Waals surface area contributed by atoms with Crippen molar-refractivity contribution in [1.29, 1.82) is 0 Å². The van der Waals surface area contributed by atoms with Crippen molar-refractivity contribution in [1.82, 2.24) is 0 Å². The molecule has 2 N–H and O–H groups in total. The van der Waals surface area contributed by atoms with Gasteiger partial charge in [-0.2, -0.15) is 0 Å². The summed E-state index contributed by atoms with van der Waals surface area (Å²) in [5, 5.41) is 20.4. The molecule has 3 aliphatic rings. The lowest BCUT2D eigenvalue weighted by Crippen LogP contribution is -2.44. The van der Waals surface area contributed by atoms with Gasteiger partial charge in [-0.25, -0.2) is 0 Å². The van der Waals surface area contributed by atoms with Crippen LogP contribution in [0.1, 0.15) is 113 Å². The molecular weight excluding hydrogens is 392 g/mol. The summed E-state index contributed by atoms with van der Waals surface area (Å²) in [6, 6.07) is 0. The molecule has 2 heteroatoms. The zero-order chi connectivity index (χ0) is 24.4. The van der Waals surface area contributed by atoms with E-state index in [-0.39, 0.29) is 0 Å². The first-order chi connectivity index (χ1) is 14.7. The Morgan fingerprint density at radius 2 is 1.69 bits per heavy atom. The Morgan fingerprint density at radius 3 is 2.28 bits per heavy atom. The summed E-state index contributed by atoms with van der Waals surface area (Å²) < 4.78 is 0. The lowest BCUT2D eigenvalue weighted by atomic mass is 9.64. The van der Waals surface area contributed by atoms with Gasteiger partial charge in [-0.05, 0) is 121 Å². The van der Waals surface area contributed by atoms with Crippen LogP contribution in [0.3, 0.4) is 0 Å². The summed E-state index contributed by atoms with van der Waals surface area (Å²) in [5.41, 5.74) is 2.59. The molecule has 0 aromatic carbocycles. The topological polar surface area (TPSA) is 40.5 Å². The van der Waals surface area contributed by atoms with Crippen LogP contribution in [0.15, 0.2) is 36.0 Å². The van der Waals surface area contributed by atoms with Crippen LogP contribution in [-0.2, 0) is 0 Å². The minimum Gasteiger partial charge on any atom is -0.390 e. The average Bonchev–Trinajstić information content (AvgIpc) is 3.11. The zero-order valence-electron chi connectivity index (χ0n) is 22.4. The molecule has 2 nitrogen and oxygen atoms in total. The van der Waals surface area contributed by atoms with Gasteiger partial charge in [-0.1, -0.05) is 50.1 Å². The number of hydrogen-bond acceptors (Lipinski definition) is 2. The highest BCUT2D eigenvalue weighted by Crippen LogP contribution is 2.73. The Kier molecular flexibility index (Phi) is 8.71. The molecule has 3 fully saturated rings. The minimum absolute atomic E-state index is 0.352. The van der Waals surface area contributed by atoms with Gasteiger partial charge >= 0.3 is 0 Å². The molecule has 1 spiro atoms. The van der Waals surface area contributed by atoms with Crippen LogP contribution in [0.25, 0.3) is 0 Å². The maximum Gasteiger partial charge on any atom is 0.0800 e. The highest BCUT2D eigenvalue weighted by molar-refractivity contribution is 5.16. The SMILES string of the molecule is C=CC(C)(O)CCC=C(C)CCC=C(C)C.C[C@@H]1CC[C@H]2C(C)(C)[C@H]3C[C@@]12CC[C@@]3(C)O. The average molecular weight is 445 g/mol. The van der Waals surface area contributed by atoms with Gasteiger partial charge in [0.25, 0.3) is 0 Å². The summed E-state index contributed by atoms with van der Waals surface area (Å²) in [4.78, 5) is 0. The monoisotopic (exact) mass is 444 g/mol. The van der Waals surface area contributed by atoms with Gasteiger partial charge in [0.2, 0.25) is 0 Å². The quantitative estimate of drug-likeness (QED) is 0.390. The molecule has 3 aliphatic carbocycles. The molecular formula is C30H52O2. The lowest BCUT2D eigenvalue weighted by molar-refractivity contribution is -0.0717. The summed E-state index contributed by atoms with van der Waals surface area (Å²) >= 11 is 0. The van der Waals surface area contributed by atoms with Gasteiger partial charge in [-0.15, -0.1) is 6.58 Å². The molecule has 3 saturated carbocycles. The van der Waals surface area contributed by atoms with Crippen LogP contribution in [0.5, 0.6) is 0 Å². The first kappa shape index (κ1) is 27.4. The van der Waals surface area contributed by atoms with Crippen LogP contribution in [0.4, 0.5) is 0 Å². The van der Waals surface area contributed by atoms with E-state index in [0.29, 0.717) is 16.7 Å². The van der Waals surface area contributed by atoms with Crippen molar-refractivity contribution in [2.24, 2.45) is 28.6 Å². The molecule has 184 valence electrons. The molecule has 0 radical (unpaired) electrons. The van der Waals surface area contributed by atoms with Gasteiger partial charge in [0.15, 0.2) is 0 Å². The predicted octanol–water partition coefficient (Wildman–Crippen LogP) is 8.01. The van der Waals surface area contributed by atoms with Crippen LogP contribution in [0.2, 0.25) is 0 Å². The zero-order valence-corrected chi connectivity index (χ0v) is 22.4. The largest absolute Gasteiger partial charge is 0.390 e. The fraction of sp³-hybridized carbons (Fsp3) is 0.800. The summed E-state index contributed by atoms with van der Waals surface area (Å²) in [5.74, 6) is 2.29. The molecule has 0 amide bonds. The maximum atomic E-state index is 10.6. The second-order valence-corrected chi connectivity index (χ2v) is 12.7. The van der Waals surface area contributed by atoms with E-state index in [0.717, 1.165) is 43.9 Å². The molecule has 0 aromatic heterocycles. The number of rotatable bonds is 7. The van der Waals surface area contributed by atoms with Gasteiger partial charge < -0.3 is 10.2 Å². The molecule has 2 bridgehead atoms. The first-order valence-electron chi connectivity index (χ1n) is 13.1. The van der Waals surface area contributed by atoms with Crippen molar-refractivity contribution in [2.45, 2.75) is 124 Å². The van der Waals surface area contributed by atoms with Crippen molar-refractivity contribution in [2.75, 3.05) is 0 Å². The highest BCUT2D eigenvalue weighted by Gasteiger charge is 2.67. The van der Waals surface area contributed by atoms with Crippen molar-refractivity contribution in [3.05, 3.63) is 36.0 Å². The van der Waals surface area contributed by atoms with Crippen molar-refractivity contribution in [3.63, 3.8) is 0 Å². The Morgan fingerprint density at radius 1 is 1.03 bits per heavy atom. The van der Waals surface area contributed by atoms with E-state index >= 15 is 0 Å². The van der Waals surface area contributed by atoms with Gasteiger partial charge in [0, 0.05) is 0 Å². The molecule has 32 heavy (non-hydrogen) atoms. The number of hydrogen-bond donors (Lipinski definition) is 2. The molecule has 0 aromatic rings. The highest BCUT2D eigenvalue weighted by atomic mass is 16.3. The van der Waals surface area contributed by atoms with Crippen molar-refractivity contribution in [3.8, 4) is 0 Å². The third kappa shape index (κ3) is 5.98. The molecule has 0 heterocycles. The third-order valence-electron chi connectivity index (χ3n) is 9.47. The second kappa shape index (κ2) is 10.2. The third-order valence-corrected chi connectivity index (χ3v) is 9.47. The van der Waals surface area contributed by atoms with Crippen LogP contribution >= 0.6 is 0 Å². The summed E-state index contributed by atoms with van der Waals surface area (Å²) in [6.07, 6.45) is 16.4. The van der Waals surface area contributed by atoms with E-state index in [1.54, 1.807) is 13.0 Å². The van der Waals surface area contributed by atoms with E-state index in [2.05, 4.69) is 67.2 Å². The molecule has 0 aliphatic heterocycles. The van der Waals surface area contributed by atoms with Gasteiger partial charge in [0.1, 0.15) is 0 Å². The van der Waals surface area contributed by atoms with E-state index in [4.69, 9.17) is 0 Å². The Bertz CT molecular complexity index is 700. The number of aliphatic hydroxyl groups is 2.